The molecule has 1 N–H and O–H groups in total. The predicted octanol–water partition coefficient (Wildman–Crippen LogP) is 4.12. The van der Waals surface area contributed by atoms with Crippen LogP contribution >= 0.6 is 22.9 Å². The lowest BCUT2D eigenvalue weighted by atomic mass is 10.0. The van der Waals surface area contributed by atoms with E-state index in [0.717, 1.165) is 24.8 Å². The molecule has 1 aromatic heterocycles. The van der Waals surface area contributed by atoms with Crippen LogP contribution < -0.4 is 10.1 Å². The minimum absolute atomic E-state index is 0.0165. The Morgan fingerprint density at radius 2 is 2.12 bits per heavy atom. The molecule has 0 bridgehead atoms. The third kappa shape index (κ3) is 5.99. The summed E-state index contributed by atoms with van der Waals surface area (Å²) < 4.78 is 11.8. The van der Waals surface area contributed by atoms with E-state index in [-0.39, 0.29) is 30.6 Å². The van der Waals surface area contributed by atoms with Crippen LogP contribution in [-0.4, -0.2) is 67.2 Å². The van der Waals surface area contributed by atoms with Crippen LogP contribution in [0.3, 0.4) is 0 Å². The van der Waals surface area contributed by atoms with E-state index in [1.165, 1.54) is 4.88 Å². The Balaban J connectivity index is 1.48. The number of ether oxygens (including phenoxy) is 2. The van der Waals surface area contributed by atoms with Gasteiger partial charge >= 0.3 is 6.03 Å². The Hall–Kier alpha value is -2.29. The molecule has 1 fully saturated rings. The number of hydrogen-bond donors (Lipinski definition) is 1. The number of thiophene rings is 1. The number of carbonyl (C=O) groups excluding carboxylic acids is 2. The van der Waals surface area contributed by atoms with E-state index in [0.29, 0.717) is 43.6 Å². The van der Waals surface area contributed by atoms with Crippen molar-refractivity contribution in [2.45, 2.75) is 38.3 Å². The summed E-state index contributed by atoms with van der Waals surface area (Å²) in [6.45, 7) is 4.46. The molecule has 33 heavy (non-hydrogen) atoms. The molecule has 2 aromatic rings. The Bertz CT molecular complexity index is 945. The van der Waals surface area contributed by atoms with Crippen molar-refractivity contribution >= 4 is 34.9 Å². The highest BCUT2D eigenvalue weighted by molar-refractivity contribution is 7.10. The van der Waals surface area contributed by atoms with Gasteiger partial charge in [0, 0.05) is 36.1 Å². The molecule has 178 valence electrons. The molecular weight excluding hydrogens is 462 g/mol. The van der Waals surface area contributed by atoms with Gasteiger partial charge in [0.2, 0.25) is 5.91 Å². The largest absolute Gasteiger partial charge is 0.491 e. The van der Waals surface area contributed by atoms with Gasteiger partial charge in [-0.15, -0.1) is 11.3 Å². The second kappa shape index (κ2) is 11.2. The predicted molar refractivity (Wildman–Crippen MR) is 129 cm³/mol. The fourth-order valence-corrected chi connectivity index (χ4v) is 5.41. The maximum atomic E-state index is 13.5. The number of benzene rings is 1. The third-order valence-corrected chi connectivity index (χ3v) is 7.27. The molecule has 9 heteroatoms. The van der Waals surface area contributed by atoms with Gasteiger partial charge in [0.05, 0.1) is 12.1 Å². The van der Waals surface area contributed by atoms with Gasteiger partial charge in [-0.05, 0) is 67.5 Å². The third-order valence-electron chi connectivity index (χ3n) is 6.03. The van der Waals surface area contributed by atoms with Crippen LogP contribution in [0.15, 0.2) is 35.7 Å². The Morgan fingerprint density at radius 3 is 2.85 bits per heavy atom. The van der Waals surface area contributed by atoms with Crippen LogP contribution in [0.2, 0.25) is 5.02 Å². The molecule has 2 aliphatic heterocycles. The maximum absolute atomic E-state index is 13.5. The van der Waals surface area contributed by atoms with Crippen molar-refractivity contribution in [3.8, 4) is 5.75 Å². The minimum Gasteiger partial charge on any atom is -0.491 e. The fourth-order valence-electron chi connectivity index (χ4n) is 4.35. The van der Waals surface area contributed by atoms with E-state index < -0.39 is 0 Å². The lowest BCUT2D eigenvalue weighted by molar-refractivity contribution is -0.135. The molecule has 3 amide bonds. The van der Waals surface area contributed by atoms with Gasteiger partial charge in [0.15, 0.2) is 0 Å². The molecule has 4 rings (SSSR count). The highest BCUT2D eigenvalue weighted by atomic mass is 35.5. The summed E-state index contributed by atoms with van der Waals surface area (Å²) in [5, 5.41) is 5.54. The number of hydrogen-bond acceptors (Lipinski definition) is 5. The molecule has 0 aliphatic carbocycles. The molecule has 0 spiro atoms. The molecule has 2 aliphatic rings. The zero-order valence-corrected chi connectivity index (χ0v) is 20.4. The highest BCUT2D eigenvalue weighted by Gasteiger charge is 2.34. The first-order valence-electron chi connectivity index (χ1n) is 11.4. The number of rotatable bonds is 8. The zero-order valence-electron chi connectivity index (χ0n) is 18.8. The topological polar surface area (TPSA) is 71.1 Å². The van der Waals surface area contributed by atoms with Crippen LogP contribution in [0, 0.1) is 0 Å². The van der Waals surface area contributed by atoms with Gasteiger partial charge in [0.25, 0.3) is 0 Å². The first-order valence-corrected chi connectivity index (χ1v) is 12.7. The molecular formula is C24H30ClN3O4S. The first kappa shape index (κ1) is 23.9. The number of nitrogens with zero attached hydrogens (tertiary/aromatic N) is 2. The smallest absolute Gasteiger partial charge is 0.317 e. The molecule has 7 nitrogen and oxygen atoms in total. The van der Waals surface area contributed by atoms with Gasteiger partial charge in [0.1, 0.15) is 18.9 Å². The monoisotopic (exact) mass is 491 g/mol. The number of amides is 3. The quantitative estimate of drug-likeness (QED) is 0.603. The average Bonchev–Trinajstić information content (AvgIpc) is 3.50. The van der Waals surface area contributed by atoms with Crippen molar-refractivity contribution in [1.29, 1.82) is 0 Å². The Morgan fingerprint density at radius 1 is 1.30 bits per heavy atom. The van der Waals surface area contributed by atoms with Crippen molar-refractivity contribution in [3.63, 3.8) is 0 Å². The Labute approximate surface area is 203 Å². The van der Waals surface area contributed by atoms with Crippen LogP contribution in [0.1, 0.15) is 36.2 Å². The average molecular weight is 492 g/mol. The molecule has 1 saturated heterocycles. The number of nitrogens with one attached hydrogen (secondary N) is 1. The molecule has 1 aromatic carbocycles. The van der Waals surface area contributed by atoms with Crippen LogP contribution in [0.5, 0.6) is 5.75 Å². The van der Waals surface area contributed by atoms with Crippen molar-refractivity contribution < 1.29 is 19.1 Å². The zero-order chi connectivity index (χ0) is 23.2. The van der Waals surface area contributed by atoms with Crippen LogP contribution in [0.25, 0.3) is 0 Å². The number of halogens is 1. The van der Waals surface area contributed by atoms with E-state index in [2.05, 4.69) is 16.8 Å². The maximum Gasteiger partial charge on any atom is 0.317 e. The van der Waals surface area contributed by atoms with E-state index in [1.807, 2.05) is 24.0 Å². The normalized spacial score (nSPS) is 19.8. The molecule has 3 heterocycles. The minimum atomic E-state index is -0.233. The second-order valence-corrected chi connectivity index (χ2v) is 9.71. The van der Waals surface area contributed by atoms with Gasteiger partial charge < -0.3 is 24.6 Å². The van der Waals surface area contributed by atoms with Crippen molar-refractivity contribution in [3.05, 3.63) is 51.2 Å². The molecule has 0 radical (unpaired) electrons. The van der Waals surface area contributed by atoms with E-state index >= 15 is 0 Å². The van der Waals surface area contributed by atoms with E-state index in [4.69, 9.17) is 21.1 Å². The van der Waals surface area contributed by atoms with Gasteiger partial charge in [-0.3, -0.25) is 4.79 Å². The van der Waals surface area contributed by atoms with Crippen LogP contribution in [0.4, 0.5) is 4.79 Å². The fraction of sp³-hybridized carbons (Fsp3) is 0.500. The van der Waals surface area contributed by atoms with Crippen molar-refractivity contribution in [2.75, 3.05) is 39.4 Å². The van der Waals surface area contributed by atoms with E-state index in [1.54, 1.807) is 28.4 Å². The van der Waals surface area contributed by atoms with Gasteiger partial charge in [-0.2, -0.15) is 0 Å². The van der Waals surface area contributed by atoms with Gasteiger partial charge in [-0.25, -0.2) is 4.79 Å². The number of fused-ring (bicyclic) bond motifs is 1. The summed E-state index contributed by atoms with van der Waals surface area (Å²) in [6, 6.07) is 8.85. The standard InChI is InChI=1S/C24H30ClN3O4S/c1-2-26-24(30)27(14-19-4-3-12-31-19)15-23(29)28-11-9-22-20(10-13-33-22)21(28)16-32-18-7-5-17(25)6-8-18/h5-8,10,13,19,21H,2-4,9,11-12,14-16H2,1H3,(H,26,30). The molecule has 2 unspecified atom stereocenters. The Kier molecular flexibility index (Phi) is 8.11. The van der Waals surface area contributed by atoms with Gasteiger partial charge in [-0.1, -0.05) is 11.6 Å². The summed E-state index contributed by atoms with van der Waals surface area (Å²) in [5.74, 6) is 0.622. The highest BCUT2D eigenvalue weighted by Crippen LogP contribution is 2.34. The lowest BCUT2D eigenvalue weighted by Gasteiger charge is -2.37. The van der Waals surface area contributed by atoms with Crippen molar-refractivity contribution in [2.24, 2.45) is 0 Å². The SMILES string of the molecule is CCNC(=O)N(CC(=O)N1CCc2sccc2C1COc1ccc(Cl)cc1)CC1CCCO1. The van der Waals surface area contributed by atoms with Crippen molar-refractivity contribution in [1.82, 2.24) is 15.1 Å². The summed E-state index contributed by atoms with van der Waals surface area (Å²) in [4.78, 5) is 30.9. The number of urea groups is 1. The summed E-state index contributed by atoms with van der Waals surface area (Å²) in [5.41, 5.74) is 1.12. The summed E-state index contributed by atoms with van der Waals surface area (Å²) >= 11 is 7.69. The molecule has 0 saturated carbocycles. The summed E-state index contributed by atoms with van der Waals surface area (Å²) in [7, 11) is 0. The van der Waals surface area contributed by atoms with E-state index in [9.17, 15) is 9.59 Å². The van der Waals surface area contributed by atoms with Crippen LogP contribution in [-0.2, 0) is 16.0 Å². The first-order chi connectivity index (χ1) is 16.0. The molecule has 2 atom stereocenters. The second-order valence-electron chi connectivity index (χ2n) is 8.27. The lowest BCUT2D eigenvalue weighted by Crippen LogP contribution is -2.51. The summed E-state index contributed by atoms with van der Waals surface area (Å²) in [6.07, 6.45) is 2.68. The number of carbonyl (C=O) groups is 2.